The monoisotopic (exact) mass is 300 g/mol. The average Bonchev–Trinajstić information content (AvgIpc) is 2.82. The number of hydrogen-bond acceptors (Lipinski definition) is 3. The third kappa shape index (κ3) is 3.18. The molecule has 0 aliphatic heterocycles. The van der Waals surface area contributed by atoms with Crippen LogP contribution < -0.4 is 4.90 Å². The Labute approximate surface area is 132 Å². The van der Waals surface area contributed by atoms with E-state index < -0.39 is 0 Å². The van der Waals surface area contributed by atoms with E-state index in [1.807, 2.05) is 43.7 Å². The number of aryl methyl sites for hydroxylation is 1. The Bertz CT molecular complexity index is 653. The molecule has 0 radical (unpaired) electrons. The van der Waals surface area contributed by atoms with Gasteiger partial charge in [0.1, 0.15) is 0 Å². The highest BCUT2D eigenvalue weighted by atomic mass is 16.2. The van der Waals surface area contributed by atoms with Gasteiger partial charge in [-0.05, 0) is 59.7 Å². The van der Waals surface area contributed by atoms with Crippen molar-refractivity contribution in [2.75, 3.05) is 4.90 Å². The maximum Gasteiger partial charge on any atom is 0.279 e. The summed E-state index contributed by atoms with van der Waals surface area (Å²) in [6.45, 7) is 12.2. The molecule has 2 aromatic heterocycles. The van der Waals surface area contributed by atoms with Gasteiger partial charge in [0.15, 0.2) is 5.69 Å². The molecule has 0 atom stereocenters. The Morgan fingerprint density at radius 3 is 2.45 bits per heavy atom. The smallest absolute Gasteiger partial charge is 0.279 e. The van der Waals surface area contributed by atoms with Gasteiger partial charge in [0.05, 0.1) is 17.4 Å². The first kappa shape index (κ1) is 16.2. The molecule has 0 N–H and O–H groups in total. The summed E-state index contributed by atoms with van der Waals surface area (Å²) >= 11 is 0. The molecule has 5 nitrogen and oxygen atoms in total. The van der Waals surface area contributed by atoms with E-state index in [0.717, 1.165) is 11.4 Å². The van der Waals surface area contributed by atoms with Crippen LogP contribution in [0.3, 0.4) is 0 Å². The molecule has 2 aromatic rings. The molecule has 0 unspecified atom stereocenters. The fourth-order valence-electron chi connectivity index (χ4n) is 2.53. The van der Waals surface area contributed by atoms with E-state index in [1.54, 1.807) is 17.3 Å². The van der Waals surface area contributed by atoms with Crippen LogP contribution in [0.2, 0.25) is 0 Å². The van der Waals surface area contributed by atoms with Gasteiger partial charge >= 0.3 is 0 Å². The van der Waals surface area contributed by atoms with Crippen LogP contribution in [-0.4, -0.2) is 26.7 Å². The highest BCUT2D eigenvalue weighted by molar-refractivity contribution is 6.05. The number of carbonyl (C=O) groups excluding carboxylic acids is 1. The van der Waals surface area contributed by atoms with Crippen molar-refractivity contribution in [3.8, 4) is 0 Å². The zero-order chi connectivity index (χ0) is 16.5. The van der Waals surface area contributed by atoms with Gasteiger partial charge < -0.3 is 4.90 Å². The Kier molecular flexibility index (Phi) is 4.35. The SMILES string of the molecule is Cc1cc(C(=O)N(c2cccnc2)C(C)C)nn1C(C)(C)C. The standard InChI is InChI=1S/C17H24N4O/c1-12(2)20(14-8-7-9-18-11-14)16(22)15-10-13(3)21(19-15)17(4,5)6/h7-12H,1-6H3. The van der Waals surface area contributed by atoms with E-state index in [4.69, 9.17) is 0 Å². The van der Waals surface area contributed by atoms with Gasteiger partial charge in [-0.2, -0.15) is 5.10 Å². The lowest BCUT2D eigenvalue weighted by atomic mass is 10.1. The number of anilines is 1. The summed E-state index contributed by atoms with van der Waals surface area (Å²) in [4.78, 5) is 18.7. The molecule has 0 aromatic carbocycles. The Morgan fingerprint density at radius 1 is 1.32 bits per heavy atom. The number of amides is 1. The molecule has 1 amide bonds. The fourth-order valence-corrected chi connectivity index (χ4v) is 2.53. The maximum absolute atomic E-state index is 12.9. The Morgan fingerprint density at radius 2 is 2.00 bits per heavy atom. The van der Waals surface area contributed by atoms with Gasteiger partial charge in [-0.25, -0.2) is 0 Å². The molecule has 0 spiro atoms. The van der Waals surface area contributed by atoms with Crippen molar-refractivity contribution in [1.82, 2.24) is 14.8 Å². The third-order valence-corrected chi connectivity index (χ3v) is 3.40. The van der Waals surface area contributed by atoms with Crippen molar-refractivity contribution >= 4 is 11.6 Å². The molecule has 2 rings (SSSR count). The molecule has 0 saturated heterocycles. The maximum atomic E-state index is 12.9. The third-order valence-electron chi connectivity index (χ3n) is 3.40. The van der Waals surface area contributed by atoms with Crippen LogP contribution in [-0.2, 0) is 5.54 Å². The Balaban J connectivity index is 2.41. The zero-order valence-corrected chi connectivity index (χ0v) is 14.2. The first-order valence-electron chi connectivity index (χ1n) is 7.52. The number of aromatic nitrogens is 3. The fraction of sp³-hybridized carbons (Fsp3) is 0.471. The van der Waals surface area contributed by atoms with Gasteiger partial charge in [-0.1, -0.05) is 0 Å². The molecule has 0 bridgehead atoms. The second kappa shape index (κ2) is 5.91. The van der Waals surface area contributed by atoms with Crippen LogP contribution in [0.5, 0.6) is 0 Å². The average molecular weight is 300 g/mol. The first-order valence-corrected chi connectivity index (χ1v) is 7.52. The Hall–Kier alpha value is -2.17. The van der Waals surface area contributed by atoms with Crippen LogP contribution in [0, 0.1) is 6.92 Å². The molecular weight excluding hydrogens is 276 g/mol. The molecule has 0 aliphatic rings. The molecular formula is C17H24N4O. The lowest BCUT2D eigenvalue weighted by Gasteiger charge is -2.26. The van der Waals surface area contributed by atoms with Crippen molar-refractivity contribution in [3.05, 3.63) is 42.0 Å². The molecule has 0 saturated carbocycles. The van der Waals surface area contributed by atoms with E-state index in [2.05, 4.69) is 30.9 Å². The molecule has 5 heteroatoms. The molecule has 2 heterocycles. The molecule has 118 valence electrons. The van der Waals surface area contributed by atoms with Crippen LogP contribution in [0.1, 0.15) is 50.8 Å². The van der Waals surface area contributed by atoms with E-state index >= 15 is 0 Å². The van der Waals surface area contributed by atoms with Crippen LogP contribution in [0.4, 0.5) is 5.69 Å². The summed E-state index contributed by atoms with van der Waals surface area (Å²) < 4.78 is 1.89. The number of rotatable bonds is 3. The topological polar surface area (TPSA) is 51.0 Å². The summed E-state index contributed by atoms with van der Waals surface area (Å²) in [5.41, 5.74) is 2.07. The predicted molar refractivity (Wildman–Crippen MR) is 88.1 cm³/mol. The highest BCUT2D eigenvalue weighted by Gasteiger charge is 2.26. The first-order chi connectivity index (χ1) is 10.2. The van der Waals surface area contributed by atoms with Crippen LogP contribution in [0.25, 0.3) is 0 Å². The largest absolute Gasteiger partial charge is 0.303 e. The van der Waals surface area contributed by atoms with Crippen LogP contribution >= 0.6 is 0 Å². The van der Waals surface area contributed by atoms with Crippen LogP contribution in [0.15, 0.2) is 30.6 Å². The second-order valence-corrected chi connectivity index (χ2v) is 6.73. The minimum Gasteiger partial charge on any atom is -0.303 e. The normalized spacial score (nSPS) is 11.8. The summed E-state index contributed by atoms with van der Waals surface area (Å²) in [5, 5.41) is 4.51. The van der Waals surface area contributed by atoms with Gasteiger partial charge in [0.2, 0.25) is 0 Å². The summed E-state index contributed by atoms with van der Waals surface area (Å²) in [6, 6.07) is 5.59. The van der Waals surface area contributed by atoms with Gasteiger partial charge in [-0.3, -0.25) is 14.5 Å². The molecule has 22 heavy (non-hydrogen) atoms. The van der Waals surface area contributed by atoms with Crippen molar-refractivity contribution in [2.45, 2.75) is 53.1 Å². The minimum absolute atomic E-state index is 0.0248. The second-order valence-electron chi connectivity index (χ2n) is 6.73. The minimum atomic E-state index is -0.153. The van der Waals surface area contributed by atoms with E-state index in [9.17, 15) is 4.79 Å². The highest BCUT2D eigenvalue weighted by Crippen LogP contribution is 2.21. The number of hydrogen-bond donors (Lipinski definition) is 0. The van der Waals surface area contributed by atoms with Gasteiger partial charge in [-0.15, -0.1) is 0 Å². The van der Waals surface area contributed by atoms with Crippen molar-refractivity contribution in [1.29, 1.82) is 0 Å². The predicted octanol–water partition coefficient (Wildman–Crippen LogP) is 3.40. The number of nitrogens with zero attached hydrogens (tertiary/aromatic N) is 4. The van der Waals surface area contributed by atoms with E-state index in [1.165, 1.54) is 0 Å². The van der Waals surface area contributed by atoms with Crippen molar-refractivity contribution < 1.29 is 4.79 Å². The zero-order valence-electron chi connectivity index (χ0n) is 14.2. The lowest BCUT2D eigenvalue weighted by Crippen LogP contribution is -2.37. The lowest BCUT2D eigenvalue weighted by molar-refractivity contribution is 0.0974. The number of pyridine rings is 1. The van der Waals surface area contributed by atoms with Gasteiger partial charge in [0.25, 0.3) is 5.91 Å². The summed E-state index contributed by atoms with van der Waals surface area (Å²) in [7, 11) is 0. The van der Waals surface area contributed by atoms with Crippen molar-refractivity contribution in [2.24, 2.45) is 0 Å². The summed E-state index contributed by atoms with van der Waals surface area (Å²) in [5.74, 6) is -0.103. The summed E-state index contributed by atoms with van der Waals surface area (Å²) in [6.07, 6.45) is 3.40. The van der Waals surface area contributed by atoms with E-state index in [0.29, 0.717) is 5.69 Å². The quantitative estimate of drug-likeness (QED) is 0.873. The van der Waals surface area contributed by atoms with Gasteiger partial charge in [0, 0.05) is 17.9 Å². The molecule has 0 aliphatic carbocycles. The van der Waals surface area contributed by atoms with E-state index in [-0.39, 0.29) is 17.5 Å². The number of carbonyl (C=O) groups is 1. The molecule has 0 fully saturated rings. The van der Waals surface area contributed by atoms with Crippen molar-refractivity contribution in [3.63, 3.8) is 0 Å².